The highest BCUT2D eigenvalue weighted by Crippen LogP contribution is 2.24. The molecule has 0 heterocycles. The van der Waals surface area contributed by atoms with Gasteiger partial charge < -0.3 is 10.1 Å². The maximum atomic E-state index is 12.1. The Morgan fingerprint density at radius 1 is 1.25 bits per heavy atom. The zero-order valence-corrected chi connectivity index (χ0v) is 13.2. The second kappa shape index (κ2) is 7.36. The number of nitrogens with one attached hydrogen (secondary N) is 1. The summed E-state index contributed by atoms with van der Waals surface area (Å²) in [6.07, 6.45) is -0.432. The first-order valence-corrected chi connectivity index (χ1v) is 7.18. The standard InChI is InChI=1S/C17H16N2O5/c1-11-3-5-14(6-4-11)18-17(21)12(2)24-16-8-7-15(19(22)23)9-13(16)10-20/h3-10,12H,1-2H3,(H,18,21)/t12-/m0/s1. The Morgan fingerprint density at radius 3 is 2.50 bits per heavy atom. The third-order valence-corrected chi connectivity index (χ3v) is 3.32. The van der Waals surface area contributed by atoms with Gasteiger partial charge in [0.05, 0.1) is 10.5 Å². The van der Waals surface area contributed by atoms with Crippen molar-refractivity contribution in [1.82, 2.24) is 0 Å². The summed E-state index contributed by atoms with van der Waals surface area (Å²) in [5, 5.41) is 13.4. The molecule has 1 amide bonds. The molecule has 0 aliphatic heterocycles. The minimum Gasteiger partial charge on any atom is -0.480 e. The monoisotopic (exact) mass is 328 g/mol. The van der Waals surface area contributed by atoms with E-state index in [-0.39, 0.29) is 17.0 Å². The number of hydrogen-bond acceptors (Lipinski definition) is 5. The smallest absolute Gasteiger partial charge is 0.270 e. The van der Waals surface area contributed by atoms with Gasteiger partial charge in [-0.25, -0.2) is 0 Å². The molecule has 0 saturated carbocycles. The van der Waals surface area contributed by atoms with Crippen LogP contribution in [0.3, 0.4) is 0 Å². The topological polar surface area (TPSA) is 98.5 Å². The molecule has 1 atom stereocenters. The number of amides is 1. The predicted octanol–water partition coefficient (Wildman–Crippen LogP) is 3.12. The van der Waals surface area contributed by atoms with Gasteiger partial charge in [-0.15, -0.1) is 0 Å². The van der Waals surface area contributed by atoms with Crippen LogP contribution in [-0.4, -0.2) is 23.2 Å². The molecule has 2 rings (SSSR count). The van der Waals surface area contributed by atoms with Gasteiger partial charge in [-0.3, -0.25) is 19.7 Å². The number of hydrogen-bond donors (Lipinski definition) is 1. The highest BCUT2D eigenvalue weighted by atomic mass is 16.6. The summed E-state index contributed by atoms with van der Waals surface area (Å²) in [4.78, 5) is 33.3. The third-order valence-electron chi connectivity index (χ3n) is 3.32. The van der Waals surface area contributed by atoms with E-state index in [2.05, 4.69) is 5.32 Å². The number of aryl methyl sites for hydroxylation is 1. The van der Waals surface area contributed by atoms with Crippen LogP contribution >= 0.6 is 0 Å². The number of benzene rings is 2. The number of ether oxygens (including phenoxy) is 1. The summed E-state index contributed by atoms with van der Waals surface area (Å²) in [6, 6.07) is 10.9. The lowest BCUT2D eigenvalue weighted by Gasteiger charge is -2.16. The van der Waals surface area contributed by atoms with E-state index in [0.717, 1.165) is 11.6 Å². The Bertz CT molecular complexity index is 771. The van der Waals surface area contributed by atoms with E-state index in [1.165, 1.54) is 19.1 Å². The Hall–Kier alpha value is -3.22. The molecule has 0 fully saturated rings. The van der Waals surface area contributed by atoms with Gasteiger partial charge in [0, 0.05) is 17.8 Å². The van der Waals surface area contributed by atoms with Gasteiger partial charge in [0.15, 0.2) is 12.4 Å². The number of nitro groups is 1. The SMILES string of the molecule is Cc1ccc(NC(=O)[C@H](C)Oc2ccc([N+](=O)[O-])cc2C=O)cc1. The zero-order chi connectivity index (χ0) is 17.7. The van der Waals surface area contributed by atoms with E-state index in [0.29, 0.717) is 12.0 Å². The third kappa shape index (κ3) is 4.16. The van der Waals surface area contributed by atoms with Crippen LogP contribution in [0.1, 0.15) is 22.8 Å². The first-order valence-electron chi connectivity index (χ1n) is 7.18. The van der Waals surface area contributed by atoms with Crippen molar-refractivity contribution in [2.45, 2.75) is 20.0 Å². The van der Waals surface area contributed by atoms with E-state index >= 15 is 0 Å². The van der Waals surface area contributed by atoms with Crippen LogP contribution in [0.4, 0.5) is 11.4 Å². The summed E-state index contributed by atoms with van der Waals surface area (Å²) in [5.41, 5.74) is 1.49. The van der Waals surface area contributed by atoms with Gasteiger partial charge in [-0.05, 0) is 32.0 Å². The molecule has 124 valence electrons. The molecule has 0 aliphatic rings. The molecule has 7 nitrogen and oxygen atoms in total. The van der Waals surface area contributed by atoms with Crippen LogP contribution in [-0.2, 0) is 4.79 Å². The average molecular weight is 328 g/mol. The van der Waals surface area contributed by atoms with Crippen LogP contribution in [0.15, 0.2) is 42.5 Å². The molecule has 0 aromatic heterocycles. The summed E-state index contributed by atoms with van der Waals surface area (Å²) >= 11 is 0. The van der Waals surface area contributed by atoms with Gasteiger partial charge >= 0.3 is 0 Å². The number of nitrogens with zero attached hydrogens (tertiary/aromatic N) is 1. The summed E-state index contributed by atoms with van der Waals surface area (Å²) in [5.74, 6) is -0.281. The van der Waals surface area contributed by atoms with E-state index in [9.17, 15) is 19.7 Å². The van der Waals surface area contributed by atoms with Crippen molar-refractivity contribution in [3.8, 4) is 5.75 Å². The van der Waals surface area contributed by atoms with Gasteiger partial charge in [0.2, 0.25) is 0 Å². The highest BCUT2D eigenvalue weighted by Gasteiger charge is 2.18. The molecule has 2 aromatic carbocycles. The number of carbonyl (C=O) groups is 2. The molecule has 0 saturated heterocycles. The van der Waals surface area contributed by atoms with Crippen molar-refractivity contribution < 1.29 is 19.2 Å². The van der Waals surface area contributed by atoms with Crippen molar-refractivity contribution in [3.63, 3.8) is 0 Å². The molecule has 2 aromatic rings. The normalized spacial score (nSPS) is 11.4. The second-order valence-corrected chi connectivity index (χ2v) is 5.21. The second-order valence-electron chi connectivity index (χ2n) is 5.21. The maximum Gasteiger partial charge on any atom is 0.270 e. The quantitative estimate of drug-likeness (QED) is 0.499. The molecule has 0 bridgehead atoms. The number of non-ortho nitro benzene ring substituents is 1. The fraction of sp³-hybridized carbons (Fsp3) is 0.176. The summed E-state index contributed by atoms with van der Waals surface area (Å²) in [7, 11) is 0. The lowest BCUT2D eigenvalue weighted by Crippen LogP contribution is -2.30. The van der Waals surface area contributed by atoms with Gasteiger partial charge in [-0.2, -0.15) is 0 Å². The summed E-state index contributed by atoms with van der Waals surface area (Å²) < 4.78 is 5.46. The van der Waals surface area contributed by atoms with E-state index in [1.54, 1.807) is 12.1 Å². The van der Waals surface area contributed by atoms with Crippen LogP contribution in [0.25, 0.3) is 0 Å². The number of aldehydes is 1. The van der Waals surface area contributed by atoms with Crippen molar-refractivity contribution in [2.75, 3.05) is 5.32 Å². The first kappa shape index (κ1) is 17.1. The fourth-order valence-corrected chi connectivity index (χ4v) is 1.97. The Balaban J connectivity index is 2.09. The van der Waals surface area contributed by atoms with E-state index in [4.69, 9.17) is 4.74 Å². The lowest BCUT2D eigenvalue weighted by molar-refractivity contribution is -0.384. The molecule has 24 heavy (non-hydrogen) atoms. The number of anilines is 1. The van der Waals surface area contributed by atoms with Crippen LogP contribution in [0, 0.1) is 17.0 Å². The Morgan fingerprint density at radius 2 is 1.92 bits per heavy atom. The van der Waals surface area contributed by atoms with Crippen LogP contribution in [0.5, 0.6) is 5.75 Å². The van der Waals surface area contributed by atoms with E-state index in [1.807, 2.05) is 19.1 Å². The van der Waals surface area contributed by atoms with E-state index < -0.39 is 16.9 Å². The number of carbonyl (C=O) groups excluding carboxylic acids is 2. The molecule has 0 aliphatic carbocycles. The number of nitro benzene ring substituents is 1. The molecule has 1 N–H and O–H groups in total. The van der Waals surface area contributed by atoms with Crippen molar-refractivity contribution in [2.24, 2.45) is 0 Å². The summed E-state index contributed by atoms with van der Waals surface area (Å²) in [6.45, 7) is 3.46. The average Bonchev–Trinajstić information content (AvgIpc) is 2.56. The molecular formula is C17H16N2O5. The molecule has 0 spiro atoms. The fourth-order valence-electron chi connectivity index (χ4n) is 1.97. The highest BCUT2D eigenvalue weighted by molar-refractivity contribution is 5.94. The zero-order valence-electron chi connectivity index (χ0n) is 13.2. The lowest BCUT2D eigenvalue weighted by atomic mass is 10.2. The number of rotatable bonds is 6. The largest absolute Gasteiger partial charge is 0.480 e. The van der Waals surface area contributed by atoms with Crippen molar-refractivity contribution in [3.05, 3.63) is 63.7 Å². The minimum atomic E-state index is -0.883. The minimum absolute atomic E-state index is 0.0131. The molecule has 7 heteroatoms. The molecular weight excluding hydrogens is 312 g/mol. The van der Waals surface area contributed by atoms with Crippen LogP contribution in [0.2, 0.25) is 0 Å². The molecule has 0 unspecified atom stereocenters. The van der Waals surface area contributed by atoms with Crippen LogP contribution < -0.4 is 10.1 Å². The first-order chi connectivity index (χ1) is 11.4. The Kier molecular flexibility index (Phi) is 5.26. The van der Waals surface area contributed by atoms with Crippen molar-refractivity contribution >= 4 is 23.6 Å². The van der Waals surface area contributed by atoms with Gasteiger partial charge in [-0.1, -0.05) is 17.7 Å². The molecule has 0 radical (unpaired) electrons. The van der Waals surface area contributed by atoms with Gasteiger partial charge in [0.1, 0.15) is 5.75 Å². The van der Waals surface area contributed by atoms with Crippen molar-refractivity contribution in [1.29, 1.82) is 0 Å². The Labute approximate surface area is 138 Å². The maximum absolute atomic E-state index is 12.1. The van der Waals surface area contributed by atoms with Gasteiger partial charge in [0.25, 0.3) is 11.6 Å². The predicted molar refractivity (Wildman–Crippen MR) is 88.4 cm³/mol.